The first-order chi connectivity index (χ1) is 58.0. The number of hydrogen-bond acceptors (Lipinski definition) is 17. The smallest absolute Gasteiger partial charge is 0.416 e. The molecule has 4 N–H and O–H groups in total. The lowest BCUT2D eigenvalue weighted by Gasteiger charge is -2.16. The van der Waals surface area contributed by atoms with E-state index < -0.39 is 148 Å². The molecule has 0 saturated carbocycles. The molecular weight excluding hydrogens is 1740 g/mol. The number of hydrogen-bond donors (Lipinski definition) is 4. The van der Waals surface area contributed by atoms with Crippen LogP contribution in [0.15, 0.2) is 261 Å². The first-order valence-corrected chi connectivity index (χ1v) is 42.6. The fraction of sp³-hybridized carbons (Fsp3) is 0.172. The predicted molar refractivity (Wildman–Crippen MR) is 429 cm³/mol. The van der Waals surface area contributed by atoms with Gasteiger partial charge in [-0.1, -0.05) is 97.9 Å². The van der Waals surface area contributed by atoms with Crippen molar-refractivity contribution in [1.29, 1.82) is 0 Å². The maximum Gasteiger partial charge on any atom is 0.416 e. The van der Waals surface area contributed by atoms with Crippen LogP contribution in [0.5, 0.6) is 23.0 Å². The second kappa shape index (κ2) is 38.6. The first kappa shape index (κ1) is 94.8. The van der Waals surface area contributed by atoms with Gasteiger partial charge in [0.05, 0.1) is 113 Å². The van der Waals surface area contributed by atoms with E-state index >= 15 is 0 Å². The third-order valence-corrected chi connectivity index (χ3v) is 25.5. The summed E-state index contributed by atoms with van der Waals surface area (Å²) in [5.41, 5.74) is -1.58. The van der Waals surface area contributed by atoms with E-state index in [1.165, 1.54) is 120 Å². The van der Waals surface area contributed by atoms with Crippen LogP contribution in [0.4, 0.5) is 52.7 Å². The van der Waals surface area contributed by atoms with Gasteiger partial charge >= 0.3 is 48.6 Å². The van der Waals surface area contributed by atoms with Crippen LogP contribution in [-0.2, 0) is 93.5 Å². The second-order valence-electron chi connectivity index (χ2n) is 26.9. The number of halogens is 12. The molecule has 652 valence electrons. The lowest BCUT2D eigenvalue weighted by atomic mass is 9.98. The van der Waals surface area contributed by atoms with Crippen molar-refractivity contribution in [1.82, 2.24) is 0 Å². The van der Waals surface area contributed by atoms with Crippen molar-refractivity contribution in [2.24, 2.45) is 0 Å². The molecule has 37 heteroatoms. The Kier molecular flexibility index (Phi) is 29.5. The van der Waals surface area contributed by atoms with Crippen LogP contribution in [0.25, 0.3) is 39.0 Å². The minimum Gasteiger partial charge on any atom is -0.497 e. The van der Waals surface area contributed by atoms with E-state index in [1.54, 1.807) is 73.7 Å². The van der Waals surface area contributed by atoms with Gasteiger partial charge in [-0.25, -0.2) is 52.8 Å². The molecule has 1 heterocycles. The Morgan fingerprint density at radius 1 is 0.355 bits per heavy atom. The summed E-state index contributed by atoms with van der Waals surface area (Å²) < 4.78 is 290. The Hall–Kier alpha value is -13.0. The molecule has 1 aliphatic rings. The number of aromatic carboxylic acids is 4. The third kappa shape index (κ3) is 23.4. The summed E-state index contributed by atoms with van der Waals surface area (Å²) in [6.07, 6.45) is -9.82. The zero-order valence-electron chi connectivity index (χ0n) is 65.2. The molecule has 12 rings (SSSR count). The van der Waals surface area contributed by atoms with Crippen molar-refractivity contribution < 1.29 is 149 Å². The van der Waals surface area contributed by atoms with Crippen molar-refractivity contribution >= 4 is 68.8 Å². The Morgan fingerprint density at radius 2 is 0.694 bits per heavy atom. The minimum atomic E-state index is -4.69. The number of benzene rings is 10. The number of furan rings is 1. The zero-order valence-corrected chi connectivity index (χ0v) is 68.4. The maximum absolute atomic E-state index is 13.4. The van der Waals surface area contributed by atoms with E-state index in [0.717, 1.165) is 72.8 Å². The van der Waals surface area contributed by atoms with Gasteiger partial charge in [0.25, 0.3) is 0 Å². The molecule has 11 aromatic rings. The van der Waals surface area contributed by atoms with Crippen molar-refractivity contribution in [3.05, 3.63) is 315 Å². The lowest BCUT2D eigenvalue weighted by Crippen LogP contribution is -2.12. The highest BCUT2D eigenvalue weighted by Gasteiger charge is 2.38. The summed E-state index contributed by atoms with van der Waals surface area (Å²) in [6, 6.07) is 41.8. The van der Waals surface area contributed by atoms with Crippen molar-refractivity contribution in [2.45, 2.75) is 87.1 Å². The minimum absolute atomic E-state index is 0.0104. The molecule has 0 atom stereocenters. The van der Waals surface area contributed by atoms with E-state index in [4.69, 9.17) is 33.6 Å². The number of carbonyl (C=O) groups is 4. The summed E-state index contributed by atoms with van der Waals surface area (Å²) in [6.45, 7) is 1.72. The molecule has 0 amide bonds. The highest BCUT2D eigenvalue weighted by molar-refractivity contribution is 7.91. The standard InChI is InChI=1S/C23H19F3O6S.C23H19F3O4S.C21H17F3O5S.C20H15F3O6S/c1-31-18-5-3-4-14(11-18)19-8-7-17(23(24,25)26)10-16(19)13-33(29,30)21-12-15(22(27)28)6-9-20(21)32-2;1-2-15-8-9-17(22(27)28)13-21(15)31(29,30)14-18-12-19(23(24,25)26)10-11-20(18)16-6-4-3-5-7-16;1-29-18-9-6-14(20(25)26)11-19(18)30(27,28)12-15-10-16(21(22,23)24)7-8-17(15)13-4-2-3-5-13;1-28-17-5-2-12(19(24)25)9-18(17)30(26,27)11-14-8-15(20(21,22)23)3-4-16(14)13-6-7-29-10-13/h3-12H,13H2,1-2H3,(H,27,28);3-13H,2,14H2,1H3,(H,27,28);2,4-11H,3,12H2,1H3,(H,25,26);2-10H,11H2,1H3,(H,24,25). The largest absolute Gasteiger partial charge is 0.497 e. The van der Waals surface area contributed by atoms with Crippen LogP contribution in [0, 0.1) is 0 Å². The number of alkyl halides is 12. The van der Waals surface area contributed by atoms with Gasteiger partial charge in [-0.3, -0.25) is 0 Å². The number of carboxylic acid groups (broad SMARTS) is 4. The van der Waals surface area contributed by atoms with Gasteiger partial charge in [0.15, 0.2) is 39.3 Å². The Balaban J connectivity index is 0.000000187. The summed E-state index contributed by atoms with van der Waals surface area (Å²) >= 11 is 0. The highest BCUT2D eigenvalue weighted by atomic mass is 32.2. The lowest BCUT2D eigenvalue weighted by molar-refractivity contribution is -0.138. The molecule has 0 saturated heterocycles. The fourth-order valence-corrected chi connectivity index (χ4v) is 19.2. The van der Waals surface area contributed by atoms with Gasteiger partial charge in [0, 0.05) is 5.56 Å². The van der Waals surface area contributed by atoms with Crippen molar-refractivity contribution in [3.8, 4) is 56.4 Å². The number of rotatable bonds is 25. The van der Waals surface area contributed by atoms with E-state index in [1.807, 2.05) is 6.08 Å². The van der Waals surface area contributed by atoms with Gasteiger partial charge in [0.1, 0.15) is 37.7 Å². The molecule has 1 aliphatic carbocycles. The molecule has 0 bridgehead atoms. The number of aryl methyl sites for hydroxylation is 1. The van der Waals surface area contributed by atoms with Crippen LogP contribution in [0.3, 0.4) is 0 Å². The molecule has 10 aromatic carbocycles. The summed E-state index contributed by atoms with van der Waals surface area (Å²) in [4.78, 5) is 43.7. The monoisotopic (exact) mass is 1810 g/mol. The molecule has 0 aliphatic heterocycles. The van der Waals surface area contributed by atoms with E-state index in [0.29, 0.717) is 57.5 Å². The van der Waals surface area contributed by atoms with Crippen LogP contribution in [0.2, 0.25) is 0 Å². The Morgan fingerprint density at radius 3 is 1.02 bits per heavy atom. The number of methoxy groups -OCH3 is 4. The molecule has 124 heavy (non-hydrogen) atoms. The van der Waals surface area contributed by atoms with Gasteiger partial charge in [-0.05, 0) is 213 Å². The molecule has 0 unspecified atom stereocenters. The first-order valence-electron chi connectivity index (χ1n) is 36.0. The van der Waals surface area contributed by atoms with E-state index in [2.05, 4.69) is 0 Å². The fourth-order valence-electron chi connectivity index (χ4n) is 12.7. The molecule has 0 fully saturated rings. The molecule has 21 nitrogen and oxygen atoms in total. The second-order valence-corrected chi connectivity index (χ2v) is 34.7. The number of allylic oxidation sites excluding steroid dienone is 4. The topological polar surface area (TPSA) is 336 Å². The number of ether oxygens (including phenoxy) is 4. The maximum atomic E-state index is 13.4. The van der Waals surface area contributed by atoms with Gasteiger partial charge in [0.2, 0.25) is 0 Å². The van der Waals surface area contributed by atoms with Crippen molar-refractivity contribution in [2.75, 3.05) is 28.4 Å². The average molecular weight is 1810 g/mol. The number of carboxylic acids is 4. The summed E-state index contributed by atoms with van der Waals surface area (Å²) in [5, 5.41) is 36.8. The van der Waals surface area contributed by atoms with Gasteiger partial charge in [-0.2, -0.15) is 52.7 Å². The Bertz CT molecular complexity index is 6400. The number of sulfone groups is 4. The molecule has 1 aromatic heterocycles. The molecular formula is C87H70F12O21S4. The van der Waals surface area contributed by atoms with Crippen LogP contribution in [-0.4, -0.2) is 106 Å². The summed E-state index contributed by atoms with van der Waals surface area (Å²) in [5.74, 6) is -8.29. The van der Waals surface area contributed by atoms with E-state index in [9.17, 15) is 116 Å². The average Bonchev–Trinajstić information content (AvgIpc) is 0.891. The zero-order chi connectivity index (χ0) is 91.4. The molecule has 0 radical (unpaired) electrons. The van der Waals surface area contributed by atoms with Crippen LogP contribution >= 0.6 is 0 Å². The Labute approximate surface area is 701 Å². The third-order valence-electron chi connectivity index (χ3n) is 18.8. The van der Waals surface area contributed by atoms with Gasteiger partial charge < -0.3 is 43.8 Å². The summed E-state index contributed by atoms with van der Waals surface area (Å²) in [7, 11) is -11.9. The predicted octanol–water partition coefficient (Wildman–Crippen LogP) is 20.0. The normalized spacial score (nSPS) is 12.4. The van der Waals surface area contributed by atoms with E-state index in [-0.39, 0.29) is 77.8 Å². The SMILES string of the molecule is CCc1ccc(C(=O)O)cc1S(=O)(=O)Cc1cc(C(F)(F)F)ccc1-c1ccccc1.COc1ccc(C(=O)O)cc1S(=O)(=O)Cc1cc(C(F)(F)F)ccc1-c1ccoc1.COc1ccc(C(=O)O)cc1S(=O)(=O)Cc1cc(C(F)(F)F)ccc1C1=CCC=C1.COc1cccc(-c2ccc(C(F)(F)F)cc2CS(=O)(=O)c2cc(C(=O)O)ccc2OC)c1. The van der Waals surface area contributed by atoms with Gasteiger partial charge in [-0.15, -0.1) is 0 Å². The van der Waals surface area contributed by atoms with Crippen molar-refractivity contribution in [3.63, 3.8) is 0 Å². The molecule has 0 spiro atoms. The highest BCUT2D eigenvalue weighted by Crippen LogP contribution is 2.43. The quantitative estimate of drug-likeness (QED) is 0.0386. The van der Waals surface area contributed by atoms with Crippen LogP contribution < -0.4 is 18.9 Å². The van der Waals surface area contributed by atoms with Crippen LogP contribution in [0.1, 0.15) is 110 Å².